The highest BCUT2D eigenvalue weighted by Gasteiger charge is 2.11. The Labute approximate surface area is 97.9 Å². The maximum atomic E-state index is 11.9. The van der Waals surface area contributed by atoms with Gasteiger partial charge in [-0.2, -0.15) is 0 Å². The van der Waals surface area contributed by atoms with Crippen molar-refractivity contribution in [3.63, 3.8) is 0 Å². The Morgan fingerprint density at radius 1 is 1.19 bits per heavy atom. The van der Waals surface area contributed by atoms with E-state index in [1.54, 1.807) is 18.2 Å². The monoisotopic (exact) mass is 238 g/mol. The molecule has 1 rings (SSSR count). The fourth-order valence-electron chi connectivity index (χ4n) is 1.30. The number of hydrogen-bond acceptors (Lipinski definition) is 2. The zero-order valence-corrected chi connectivity index (χ0v) is 10.8. The minimum absolute atomic E-state index is 0.0776. The number of sulfone groups is 1. The molecule has 1 aromatic carbocycles. The predicted molar refractivity (Wildman–Crippen MR) is 67.2 cm³/mol. The van der Waals surface area contributed by atoms with Gasteiger partial charge in [-0.3, -0.25) is 0 Å². The molecule has 0 atom stereocenters. The predicted octanol–water partition coefficient (Wildman–Crippen LogP) is 2.98. The molecule has 0 spiro atoms. The van der Waals surface area contributed by atoms with Crippen molar-refractivity contribution in [1.82, 2.24) is 0 Å². The maximum Gasteiger partial charge on any atom is 0.181 e. The van der Waals surface area contributed by atoms with E-state index in [4.69, 9.17) is 0 Å². The van der Waals surface area contributed by atoms with Gasteiger partial charge >= 0.3 is 0 Å². The van der Waals surface area contributed by atoms with Crippen molar-refractivity contribution in [3.8, 4) is 0 Å². The van der Waals surface area contributed by atoms with Crippen molar-refractivity contribution < 1.29 is 8.42 Å². The SMILES string of the molecule is Cc1ccc(S(=O)(=O)C/C=C\C(C)C)cc1. The smallest absolute Gasteiger partial charge is 0.181 e. The van der Waals surface area contributed by atoms with Crippen molar-refractivity contribution in [2.24, 2.45) is 5.92 Å². The second kappa shape index (κ2) is 5.30. The third-order valence-electron chi connectivity index (χ3n) is 2.22. The molecule has 0 amide bonds. The van der Waals surface area contributed by atoms with Crippen LogP contribution in [0.5, 0.6) is 0 Å². The van der Waals surface area contributed by atoms with E-state index in [1.165, 1.54) is 0 Å². The van der Waals surface area contributed by atoms with Crippen LogP contribution in [-0.4, -0.2) is 14.2 Å². The van der Waals surface area contributed by atoms with Gasteiger partial charge < -0.3 is 0 Å². The van der Waals surface area contributed by atoms with Crippen molar-refractivity contribution in [1.29, 1.82) is 0 Å². The van der Waals surface area contributed by atoms with Gasteiger partial charge in [-0.15, -0.1) is 0 Å². The Morgan fingerprint density at radius 2 is 1.75 bits per heavy atom. The lowest BCUT2D eigenvalue weighted by molar-refractivity contribution is 0.599. The number of allylic oxidation sites excluding steroid dienone is 1. The van der Waals surface area contributed by atoms with Crippen LogP contribution in [0.4, 0.5) is 0 Å². The molecular weight excluding hydrogens is 220 g/mol. The Morgan fingerprint density at radius 3 is 2.25 bits per heavy atom. The lowest BCUT2D eigenvalue weighted by Gasteiger charge is -2.02. The van der Waals surface area contributed by atoms with Crippen LogP contribution < -0.4 is 0 Å². The van der Waals surface area contributed by atoms with Crippen LogP contribution in [-0.2, 0) is 9.84 Å². The molecule has 0 saturated heterocycles. The zero-order valence-electron chi connectivity index (χ0n) is 9.97. The molecule has 0 aliphatic carbocycles. The maximum absolute atomic E-state index is 11.9. The van der Waals surface area contributed by atoms with E-state index < -0.39 is 9.84 Å². The van der Waals surface area contributed by atoms with Crippen molar-refractivity contribution in [3.05, 3.63) is 42.0 Å². The van der Waals surface area contributed by atoms with Gasteiger partial charge in [-0.1, -0.05) is 43.7 Å². The standard InChI is InChI=1S/C13H18O2S/c1-11(2)5-4-10-16(14,15)13-8-6-12(3)7-9-13/h4-9,11H,10H2,1-3H3/b5-4-. The van der Waals surface area contributed by atoms with Gasteiger partial charge in [-0.25, -0.2) is 8.42 Å². The molecular formula is C13H18O2S. The summed E-state index contributed by atoms with van der Waals surface area (Å²) in [7, 11) is -3.16. The summed E-state index contributed by atoms with van der Waals surface area (Å²) in [4.78, 5) is 0.395. The molecule has 0 unspecified atom stereocenters. The number of aryl methyl sites for hydroxylation is 1. The molecule has 0 fully saturated rings. The van der Waals surface area contributed by atoms with E-state index >= 15 is 0 Å². The van der Waals surface area contributed by atoms with Gasteiger partial charge in [0.15, 0.2) is 9.84 Å². The van der Waals surface area contributed by atoms with Crippen LogP contribution in [0.1, 0.15) is 19.4 Å². The molecule has 88 valence electrons. The van der Waals surface area contributed by atoms with Gasteiger partial charge in [0.05, 0.1) is 10.6 Å². The van der Waals surface area contributed by atoms with E-state index in [9.17, 15) is 8.42 Å². The largest absolute Gasteiger partial charge is 0.223 e. The van der Waals surface area contributed by atoms with Gasteiger partial charge in [0.2, 0.25) is 0 Å². The lowest BCUT2D eigenvalue weighted by Crippen LogP contribution is -2.04. The van der Waals surface area contributed by atoms with Crippen LogP contribution in [0.15, 0.2) is 41.3 Å². The first-order valence-electron chi connectivity index (χ1n) is 5.38. The molecule has 0 aliphatic rings. The van der Waals surface area contributed by atoms with E-state index in [0.717, 1.165) is 5.56 Å². The molecule has 0 aromatic heterocycles. The minimum Gasteiger partial charge on any atom is -0.223 e. The fourth-order valence-corrected chi connectivity index (χ4v) is 2.40. The van der Waals surface area contributed by atoms with Crippen molar-refractivity contribution in [2.45, 2.75) is 25.7 Å². The van der Waals surface area contributed by atoms with Crippen LogP contribution in [0.25, 0.3) is 0 Å². The van der Waals surface area contributed by atoms with Gasteiger partial charge in [0.25, 0.3) is 0 Å². The molecule has 3 heteroatoms. The third kappa shape index (κ3) is 3.81. The highest BCUT2D eigenvalue weighted by Crippen LogP contribution is 2.12. The molecule has 2 nitrogen and oxygen atoms in total. The van der Waals surface area contributed by atoms with Gasteiger partial charge in [0, 0.05) is 0 Å². The highest BCUT2D eigenvalue weighted by molar-refractivity contribution is 7.91. The van der Waals surface area contributed by atoms with E-state index in [-0.39, 0.29) is 5.75 Å². The number of rotatable bonds is 4. The number of benzene rings is 1. The summed E-state index contributed by atoms with van der Waals surface area (Å²) in [5, 5.41) is 0. The van der Waals surface area contributed by atoms with Crippen LogP contribution in [0.3, 0.4) is 0 Å². The zero-order chi connectivity index (χ0) is 12.2. The van der Waals surface area contributed by atoms with Gasteiger partial charge in [0.1, 0.15) is 0 Å². The van der Waals surface area contributed by atoms with Crippen LogP contribution in [0, 0.1) is 12.8 Å². The average Bonchev–Trinajstić information content (AvgIpc) is 2.17. The molecule has 0 bridgehead atoms. The molecule has 0 radical (unpaired) electrons. The Bertz CT molecular complexity index is 453. The van der Waals surface area contributed by atoms with Crippen LogP contribution >= 0.6 is 0 Å². The van der Waals surface area contributed by atoms with E-state index in [0.29, 0.717) is 10.8 Å². The molecule has 0 heterocycles. The topological polar surface area (TPSA) is 34.1 Å². The highest BCUT2D eigenvalue weighted by atomic mass is 32.2. The summed E-state index contributed by atoms with van der Waals surface area (Å²) < 4.78 is 23.7. The summed E-state index contributed by atoms with van der Waals surface area (Å²) >= 11 is 0. The van der Waals surface area contributed by atoms with Crippen LogP contribution in [0.2, 0.25) is 0 Å². The minimum atomic E-state index is -3.16. The summed E-state index contributed by atoms with van der Waals surface area (Å²) in [6.07, 6.45) is 3.63. The van der Waals surface area contributed by atoms with Crippen molar-refractivity contribution in [2.75, 3.05) is 5.75 Å². The van der Waals surface area contributed by atoms with Crippen molar-refractivity contribution >= 4 is 9.84 Å². The Hall–Kier alpha value is -1.09. The van der Waals surface area contributed by atoms with E-state index in [2.05, 4.69) is 0 Å². The fraction of sp³-hybridized carbons (Fsp3) is 0.385. The summed E-state index contributed by atoms with van der Waals surface area (Å²) in [6, 6.07) is 6.96. The second-order valence-corrected chi connectivity index (χ2v) is 6.30. The first-order valence-corrected chi connectivity index (χ1v) is 7.03. The van der Waals surface area contributed by atoms with Gasteiger partial charge in [-0.05, 0) is 25.0 Å². The summed E-state index contributed by atoms with van der Waals surface area (Å²) in [5.74, 6) is 0.460. The Balaban J connectivity index is 2.82. The van der Waals surface area contributed by atoms with E-state index in [1.807, 2.05) is 39.0 Å². The first kappa shape index (κ1) is 13.0. The normalized spacial score (nSPS) is 12.5. The first-order chi connectivity index (χ1) is 7.42. The molecule has 0 N–H and O–H groups in total. The summed E-state index contributed by atoms with van der Waals surface area (Å²) in [5.41, 5.74) is 1.07. The lowest BCUT2D eigenvalue weighted by atomic mass is 10.2. The Kier molecular flexibility index (Phi) is 4.30. The number of hydrogen-bond donors (Lipinski definition) is 0. The third-order valence-corrected chi connectivity index (χ3v) is 3.84. The average molecular weight is 238 g/mol. The molecule has 0 saturated carbocycles. The molecule has 1 aromatic rings. The molecule has 0 aliphatic heterocycles. The molecule has 16 heavy (non-hydrogen) atoms. The summed E-state index contributed by atoms with van der Waals surface area (Å²) in [6.45, 7) is 5.99. The second-order valence-electron chi connectivity index (χ2n) is 4.27. The quantitative estimate of drug-likeness (QED) is 0.756.